The number of thioether (sulfide) groups is 1. The molecule has 0 radical (unpaired) electrons. The molecule has 1 aromatic heterocycles. The molecule has 17 heavy (non-hydrogen) atoms. The molecule has 1 aliphatic heterocycles. The highest BCUT2D eigenvalue weighted by Gasteiger charge is 2.22. The Morgan fingerprint density at radius 2 is 2.12 bits per heavy atom. The lowest BCUT2D eigenvalue weighted by atomic mass is 10.0. The van der Waals surface area contributed by atoms with E-state index in [0.717, 1.165) is 18.2 Å². The number of rotatable bonds is 4. The van der Waals surface area contributed by atoms with Crippen LogP contribution in [0.1, 0.15) is 33.4 Å². The summed E-state index contributed by atoms with van der Waals surface area (Å²) < 4.78 is 0. The van der Waals surface area contributed by atoms with E-state index in [4.69, 9.17) is 0 Å². The number of likely N-dealkylation sites (tertiary alicyclic amines) is 1. The van der Waals surface area contributed by atoms with Crippen LogP contribution in [0.2, 0.25) is 0 Å². The average molecular weight is 252 g/mol. The van der Waals surface area contributed by atoms with Gasteiger partial charge in [0.1, 0.15) is 0 Å². The van der Waals surface area contributed by atoms with Crippen LogP contribution in [0, 0.1) is 5.92 Å². The zero-order valence-electron chi connectivity index (χ0n) is 11.4. The van der Waals surface area contributed by atoms with E-state index < -0.39 is 0 Å². The van der Waals surface area contributed by atoms with Crippen LogP contribution in [-0.4, -0.2) is 28.7 Å². The van der Waals surface area contributed by atoms with Gasteiger partial charge in [-0.2, -0.15) is 0 Å². The van der Waals surface area contributed by atoms with Crippen molar-refractivity contribution >= 4 is 11.8 Å². The van der Waals surface area contributed by atoms with Crippen molar-refractivity contribution in [3.8, 4) is 0 Å². The molecule has 0 unspecified atom stereocenters. The van der Waals surface area contributed by atoms with Crippen molar-refractivity contribution in [2.45, 2.75) is 39.1 Å². The van der Waals surface area contributed by atoms with Crippen LogP contribution in [0.25, 0.3) is 0 Å². The number of nitrogens with zero attached hydrogens (tertiary/aromatic N) is 2. The summed E-state index contributed by atoms with van der Waals surface area (Å²) in [5, 5.41) is 0. The molecule has 0 amide bonds. The summed E-state index contributed by atoms with van der Waals surface area (Å²) in [6.45, 7) is 12.0. The molecule has 1 fully saturated rings. The lowest BCUT2D eigenvalue weighted by Gasteiger charge is -2.36. The minimum absolute atomic E-state index is 0.873. The maximum atomic E-state index is 4.41. The molecule has 3 heteroatoms. The SMILES string of the molecule is CC.CCSc1ccnc(CN2CC(C)C2)c1. The molecule has 1 aromatic rings. The van der Waals surface area contributed by atoms with E-state index in [-0.39, 0.29) is 0 Å². The monoisotopic (exact) mass is 252 g/mol. The Labute approximate surface area is 110 Å². The van der Waals surface area contributed by atoms with Crippen LogP contribution in [0.15, 0.2) is 23.2 Å². The molecular formula is C14H24N2S. The minimum Gasteiger partial charge on any atom is -0.297 e. The quantitative estimate of drug-likeness (QED) is 0.761. The predicted octanol–water partition coefficient (Wildman–Crippen LogP) is 3.67. The number of pyridine rings is 1. The molecule has 0 bridgehead atoms. The first kappa shape index (κ1) is 14.5. The molecule has 0 aromatic carbocycles. The van der Waals surface area contributed by atoms with Gasteiger partial charge in [-0.05, 0) is 23.8 Å². The van der Waals surface area contributed by atoms with Crippen molar-refractivity contribution in [2.75, 3.05) is 18.8 Å². The second-order valence-corrected chi connectivity index (χ2v) is 5.55. The standard InChI is InChI=1S/C12H18N2S.C2H6/c1-3-15-12-4-5-13-11(6-12)9-14-7-10(2)8-14;1-2/h4-6,10H,3,7-9H2,1-2H3;1-2H3. The highest BCUT2D eigenvalue weighted by atomic mass is 32.2. The Hall–Kier alpha value is -0.540. The van der Waals surface area contributed by atoms with E-state index in [9.17, 15) is 0 Å². The second-order valence-electron chi connectivity index (χ2n) is 4.22. The zero-order valence-corrected chi connectivity index (χ0v) is 12.3. The van der Waals surface area contributed by atoms with E-state index in [1.807, 2.05) is 31.8 Å². The third kappa shape index (κ3) is 4.68. The highest BCUT2D eigenvalue weighted by molar-refractivity contribution is 7.99. The third-order valence-corrected chi connectivity index (χ3v) is 3.50. The predicted molar refractivity (Wildman–Crippen MR) is 76.4 cm³/mol. The Morgan fingerprint density at radius 1 is 1.41 bits per heavy atom. The second kappa shape index (κ2) is 7.72. The largest absolute Gasteiger partial charge is 0.297 e. The Kier molecular flexibility index (Phi) is 6.60. The molecule has 2 heterocycles. The van der Waals surface area contributed by atoms with Gasteiger partial charge in [0.05, 0.1) is 5.69 Å². The number of aromatic nitrogens is 1. The smallest absolute Gasteiger partial charge is 0.0555 e. The van der Waals surface area contributed by atoms with E-state index in [2.05, 4.69) is 35.9 Å². The van der Waals surface area contributed by atoms with Gasteiger partial charge in [0.25, 0.3) is 0 Å². The first-order chi connectivity index (χ1) is 8.28. The summed E-state index contributed by atoms with van der Waals surface area (Å²) in [5.41, 5.74) is 1.21. The fourth-order valence-corrected chi connectivity index (χ4v) is 2.70. The first-order valence-corrected chi connectivity index (χ1v) is 7.56. The van der Waals surface area contributed by atoms with Crippen LogP contribution in [-0.2, 0) is 6.54 Å². The zero-order chi connectivity index (χ0) is 12.7. The molecule has 1 aliphatic rings. The molecular weight excluding hydrogens is 228 g/mol. The maximum absolute atomic E-state index is 4.41. The summed E-state index contributed by atoms with van der Waals surface area (Å²) in [6, 6.07) is 4.31. The van der Waals surface area contributed by atoms with Gasteiger partial charge in [0.2, 0.25) is 0 Å². The van der Waals surface area contributed by atoms with Crippen LogP contribution >= 0.6 is 11.8 Å². The highest BCUT2D eigenvalue weighted by Crippen LogP contribution is 2.20. The summed E-state index contributed by atoms with van der Waals surface area (Å²) in [6.07, 6.45) is 1.93. The lowest BCUT2D eigenvalue weighted by Crippen LogP contribution is -2.44. The van der Waals surface area contributed by atoms with Crippen molar-refractivity contribution in [1.29, 1.82) is 0 Å². The molecule has 0 atom stereocenters. The van der Waals surface area contributed by atoms with Crippen LogP contribution in [0.4, 0.5) is 0 Å². The van der Waals surface area contributed by atoms with E-state index in [1.165, 1.54) is 23.7 Å². The minimum atomic E-state index is 0.873. The van der Waals surface area contributed by atoms with Gasteiger partial charge in [-0.1, -0.05) is 27.7 Å². The maximum Gasteiger partial charge on any atom is 0.0555 e. The molecule has 2 nitrogen and oxygen atoms in total. The summed E-state index contributed by atoms with van der Waals surface area (Å²) in [5.74, 6) is 2.00. The van der Waals surface area contributed by atoms with E-state index >= 15 is 0 Å². The molecule has 2 rings (SSSR count). The van der Waals surface area contributed by atoms with Gasteiger partial charge >= 0.3 is 0 Å². The van der Waals surface area contributed by atoms with Crippen LogP contribution in [0.5, 0.6) is 0 Å². The summed E-state index contributed by atoms with van der Waals surface area (Å²) in [7, 11) is 0. The van der Waals surface area contributed by atoms with Crippen molar-refractivity contribution in [2.24, 2.45) is 5.92 Å². The van der Waals surface area contributed by atoms with Crippen molar-refractivity contribution < 1.29 is 0 Å². The third-order valence-electron chi connectivity index (χ3n) is 2.62. The summed E-state index contributed by atoms with van der Waals surface area (Å²) in [4.78, 5) is 8.21. The number of hydrogen-bond donors (Lipinski definition) is 0. The molecule has 1 saturated heterocycles. The molecule has 0 aliphatic carbocycles. The normalized spacial score (nSPS) is 16.0. The molecule has 0 spiro atoms. The van der Waals surface area contributed by atoms with Crippen LogP contribution in [0.3, 0.4) is 0 Å². The van der Waals surface area contributed by atoms with Crippen LogP contribution < -0.4 is 0 Å². The fraction of sp³-hybridized carbons (Fsp3) is 0.643. The van der Waals surface area contributed by atoms with Gasteiger partial charge in [-0.3, -0.25) is 9.88 Å². The molecule has 0 N–H and O–H groups in total. The molecule has 96 valence electrons. The van der Waals surface area contributed by atoms with Gasteiger partial charge in [0.15, 0.2) is 0 Å². The van der Waals surface area contributed by atoms with Gasteiger partial charge in [-0.25, -0.2) is 0 Å². The van der Waals surface area contributed by atoms with Crippen molar-refractivity contribution in [3.63, 3.8) is 0 Å². The van der Waals surface area contributed by atoms with E-state index in [1.54, 1.807) is 0 Å². The van der Waals surface area contributed by atoms with Crippen molar-refractivity contribution in [1.82, 2.24) is 9.88 Å². The average Bonchev–Trinajstić information content (AvgIpc) is 2.31. The first-order valence-electron chi connectivity index (χ1n) is 6.58. The van der Waals surface area contributed by atoms with Crippen molar-refractivity contribution in [3.05, 3.63) is 24.0 Å². The fourth-order valence-electron chi connectivity index (χ4n) is 1.99. The number of hydrogen-bond acceptors (Lipinski definition) is 3. The Morgan fingerprint density at radius 3 is 2.71 bits per heavy atom. The Balaban J connectivity index is 0.000000686. The van der Waals surface area contributed by atoms with E-state index in [0.29, 0.717) is 0 Å². The van der Waals surface area contributed by atoms with Gasteiger partial charge < -0.3 is 0 Å². The topological polar surface area (TPSA) is 16.1 Å². The summed E-state index contributed by atoms with van der Waals surface area (Å²) >= 11 is 1.88. The lowest BCUT2D eigenvalue weighted by molar-refractivity contribution is 0.103. The molecule has 0 saturated carbocycles. The van der Waals surface area contributed by atoms with Gasteiger partial charge in [0, 0.05) is 30.7 Å². The van der Waals surface area contributed by atoms with Gasteiger partial charge in [-0.15, -0.1) is 11.8 Å². The Bertz CT molecular complexity index is 322.